The van der Waals surface area contributed by atoms with Gasteiger partial charge in [-0.1, -0.05) is 146 Å². The second-order valence-corrected chi connectivity index (χ2v) is 13.8. The largest absolute Gasteiger partial charge is 0.248 e. The zero-order valence-corrected chi connectivity index (χ0v) is 27.4. The topological polar surface area (TPSA) is 12.9 Å². The fourth-order valence-corrected chi connectivity index (χ4v) is 8.68. The third-order valence-electron chi connectivity index (χ3n) is 9.85. The molecule has 8 aromatic carbocycles. The van der Waals surface area contributed by atoms with Gasteiger partial charge >= 0.3 is 0 Å². The van der Waals surface area contributed by atoms with E-state index in [0.717, 1.165) is 28.1 Å². The predicted octanol–water partition coefficient (Wildman–Crippen LogP) is 13.6. The van der Waals surface area contributed by atoms with Gasteiger partial charge in [0.1, 0.15) is 0 Å². The van der Waals surface area contributed by atoms with Gasteiger partial charge in [0.25, 0.3) is 0 Å². The Bertz CT molecular complexity index is 2810. The molecule has 0 unspecified atom stereocenters. The average molecular weight is 640 g/mol. The minimum Gasteiger partial charge on any atom is -0.248 e. The Morgan fingerprint density at radius 1 is 0.306 bits per heavy atom. The van der Waals surface area contributed by atoms with Crippen LogP contribution in [0.5, 0.6) is 0 Å². The number of fused-ring (bicyclic) bond motifs is 9. The van der Waals surface area contributed by atoms with Gasteiger partial charge in [-0.15, -0.1) is 11.3 Å². The van der Waals surface area contributed by atoms with Gasteiger partial charge in [0.05, 0.1) is 11.4 Å². The summed E-state index contributed by atoms with van der Waals surface area (Å²) < 4.78 is 2.64. The Hall–Kier alpha value is -6.09. The molecule has 0 spiro atoms. The maximum absolute atomic E-state index is 5.29. The highest BCUT2D eigenvalue weighted by Gasteiger charge is 2.16. The fourth-order valence-electron chi connectivity index (χ4n) is 7.53. The van der Waals surface area contributed by atoms with Crippen LogP contribution in [0.1, 0.15) is 0 Å². The highest BCUT2D eigenvalue weighted by Crippen LogP contribution is 2.43. The summed E-state index contributed by atoms with van der Waals surface area (Å²) >= 11 is 1.87. The van der Waals surface area contributed by atoms with Crippen LogP contribution < -0.4 is 0 Å². The molecule has 49 heavy (non-hydrogen) atoms. The highest BCUT2D eigenvalue weighted by atomic mass is 32.1. The molecule has 0 N–H and O–H groups in total. The number of thiophene rings is 1. The summed E-state index contributed by atoms with van der Waals surface area (Å²) in [5.41, 5.74) is 8.98. The van der Waals surface area contributed by atoms with Crippen molar-refractivity contribution >= 4 is 63.8 Å². The Morgan fingerprint density at radius 3 is 1.67 bits per heavy atom. The molecule has 0 aliphatic carbocycles. The van der Waals surface area contributed by atoms with Crippen molar-refractivity contribution in [3.63, 3.8) is 0 Å². The number of pyridine rings is 1. The lowest BCUT2D eigenvalue weighted by molar-refractivity contribution is 1.32. The molecule has 228 valence electrons. The van der Waals surface area contributed by atoms with Crippen molar-refractivity contribution in [2.24, 2.45) is 0 Å². The molecule has 0 aliphatic heterocycles. The van der Waals surface area contributed by atoms with E-state index in [0.29, 0.717) is 0 Å². The summed E-state index contributed by atoms with van der Waals surface area (Å²) in [6.45, 7) is 0. The minimum atomic E-state index is 0.965. The molecule has 1 nitrogen and oxygen atoms in total. The maximum Gasteiger partial charge on any atom is 0.0715 e. The lowest BCUT2D eigenvalue weighted by Gasteiger charge is -2.16. The van der Waals surface area contributed by atoms with Gasteiger partial charge in [0, 0.05) is 31.3 Å². The number of aromatic nitrogens is 1. The zero-order chi connectivity index (χ0) is 32.3. The molecule has 10 aromatic rings. The van der Waals surface area contributed by atoms with E-state index in [1.165, 1.54) is 69.2 Å². The highest BCUT2D eigenvalue weighted by molar-refractivity contribution is 7.25. The van der Waals surface area contributed by atoms with Gasteiger partial charge in [-0.3, -0.25) is 0 Å². The monoisotopic (exact) mass is 639 g/mol. The van der Waals surface area contributed by atoms with Crippen LogP contribution in [0.15, 0.2) is 176 Å². The van der Waals surface area contributed by atoms with Gasteiger partial charge in [-0.05, 0) is 84.9 Å². The first kappa shape index (κ1) is 28.0. The normalized spacial score (nSPS) is 11.7. The van der Waals surface area contributed by atoms with Crippen LogP contribution in [0, 0.1) is 0 Å². The summed E-state index contributed by atoms with van der Waals surface area (Å²) in [5.74, 6) is 0. The first-order chi connectivity index (χ1) is 24.3. The summed E-state index contributed by atoms with van der Waals surface area (Å²) in [7, 11) is 0. The Kier molecular flexibility index (Phi) is 6.43. The first-order valence-electron chi connectivity index (χ1n) is 16.7. The van der Waals surface area contributed by atoms with Gasteiger partial charge in [-0.25, -0.2) is 4.98 Å². The molecule has 0 aliphatic rings. The van der Waals surface area contributed by atoms with E-state index in [1.807, 2.05) is 11.3 Å². The van der Waals surface area contributed by atoms with Crippen LogP contribution in [0.25, 0.3) is 97.3 Å². The lowest BCUT2D eigenvalue weighted by atomic mass is 9.88. The Labute approximate surface area is 288 Å². The number of hydrogen-bond acceptors (Lipinski definition) is 2. The summed E-state index contributed by atoms with van der Waals surface area (Å²) in [6.07, 6.45) is 0. The molecule has 2 heteroatoms. The molecule has 0 atom stereocenters. The molecule has 0 radical (unpaired) electrons. The molecule has 10 rings (SSSR count). The molecule has 0 saturated carbocycles. The van der Waals surface area contributed by atoms with Gasteiger partial charge in [0.2, 0.25) is 0 Å². The Balaban J connectivity index is 1.25. The molecule has 0 bridgehead atoms. The molecule has 2 aromatic heterocycles. The lowest BCUT2D eigenvalue weighted by Crippen LogP contribution is -1.92. The fraction of sp³-hybridized carbons (Fsp3) is 0. The number of rotatable bonds is 4. The van der Waals surface area contributed by atoms with Crippen LogP contribution in [-0.2, 0) is 0 Å². The zero-order valence-electron chi connectivity index (χ0n) is 26.6. The van der Waals surface area contributed by atoms with Crippen LogP contribution >= 0.6 is 11.3 Å². The van der Waals surface area contributed by atoms with Crippen LogP contribution in [0.4, 0.5) is 0 Å². The van der Waals surface area contributed by atoms with Crippen molar-refractivity contribution in [2.75, 3.05) is 0 Å². The van der Waals surface area contributed by atoms with E-state index >= 15 is 0 Å². The molecular formula is C47H29NS. The molecule has 2 heterocycles. The van der Waals surface area contributed by atoms with Crippen LogP contribution in [-0.4, -0.2) is 4.98 Å². The van der Waals surface area contributed by atoms with E-state index in [1.54, 1.807) is 0 Å². The summed E-state index contributed by atoms with van der Waals surface area (Å²) in [4.78, 5) is 5.29. The van der Waals surface area contributed by atoms with Crippen molar-refractivity contribution in [3.05, 3.63) is 176 Å². The van der Waals surface area contributed by atoms with E-state index in [-0.39, 0.29) is 0 Å². The molecule has 0 saturated heterocycles. The predicted molar refractivity (Wildman–Crippen MR) is 211 cm³/mol. The van der Waals surface area contributed by atoms with Crippen molar-refractivity contribution in [2.45, 2.75) is 0 Å². The van der Waals surface area contributed by atoms with E-state index in [4.69, 9.17) is 4.98 Å². The van der Waals surface area contributed by atoms with Crippen molar-refractivity contribution < 1.29 is 0 Å². The van der Waals surface area contributed by atoms with Gasteiger partial charge < -0.3 is 0 Å². The average Bonchev–Trinajstić information content (AvgIpc) is 3.56. The van der Waals surface area contributed by atoms with Crippen molar-refractivity contribution in [1.29, 1.82) is 0 Å². The Morgan fingerprint density at radius 2 is 0.878 bits per heavy atom. The third-order valence-corrected chi connectivity index (χ3v) is 11.0. The third kappa shape index (κ3) is 4.64. The van der Waals surface area contributed by atoms with E-state index in [2.05, 4.69) is 176 Å². The van der Waals surface area contributed by atoms with Gasteiger partial charge in [-0.2, -0.15) is 0 Å². The van der Waals surface area contributed by atoms with Crippen molar-refractivity contribution in [1.82, 2.24) is 4.98 Å². The van der Waals surface area contributed by atoms with E-state index in [9.17, 15) is 0 Å². The van der Waals surface area contributed by atoms with Crippen LogP contribution in [0.2, 0.25) is 0 Å². The van der Waals surface area contributed by atoms with Gasteiger partial charge in [0.15, 0.2) is 0 Å². The standard InChI is InChI=1S/C47H29NS/c1-3-12-30(13-4-1)34-27-43(31-14-5-2-6-15-31)48-44(28-34)33-23-24-38-36-16-7-8-17-37(36)41-20-11-19-35(47(41)42(38)26-33)32-22-25-40-39-18-9-10-21-45(39)49-46(40)29-32/h1-29H. The molecule has 0 amide bonds. The van der Waals surface area contributed by atoms with Crippen LogP contribution in [0.3, 0.4) is 0 Å². The number of benzene rings is 8. The smallest absolute Gasteiger partial charge is 0.0715 e. The SMILES string of the molecule is c1ccc(-c2cc(-c3ccccc3)nc(-c3ccc4c5ccccc5c5cccc(-c6ccc7c(c6)sc6ccccc67)c5c4c3)c2)cc1. The number of hydrogen-bond donors (Lipinski definition) is 0. The quantitative estimate of drug-likeness (QED) is 0.175. The number of nitrogens with zero attached hydrogens (tertiary/aromatic N) is 1. The second-order valence-electron chi connectivity index (χ2n) is 12.7. The first-order valence-corrected chi connectivity index (χ1v) is 17.5. The summed E-state index contributed by atoms with van der Waals surface area (Å²) in [6, 6.07) is 63.8. The van der Waals surface area contributed by atoms with E-state index < -0.39 is 0 Å². The maximum atomic E-state index is 5.29. The molecular weight excluding hydrogens is 611 g/mol. The summed E-state index contributed by atoms with van der Waals surface area (Å²) in [5, 5.41) is 10.2. The minimum absolute atomic E-state index is 0.965. The second kappa shape index (κ2) is 11.3. The molecule has 0 fully saturated rings. The van der Waals surface area contributed by atoms with Crippen molar-refractivity contribution in [3.8, 4) is 44.8 Å².